The molecule has 1 unspecified atom stereocenters. The largest absolute Gasteiger partial charge is 0.477 e. The standard InChI is InChI=1S/C15H14N2O2S/c1-9-12-4-3-11(10(2)17-6-5-16-8-17)7-13(12)20-14(9)15(18)19/h3-8,10H,1-2H3,(H,18,19). The number of thiophene rings is 1. The third-order valence-electron chi connectivity index (χ3n) is 3.61. The van der Waals surface area contributed by atoms with Crippen molar-refractivity contribution in [2.75, 3.05) is 0 Å². The van der Waals surface area contributed by atoms with E-state index in [0.717, 1.165) is 21.2 Å². The second-order valence-corrected chi connectivity index (χ2v) is 5.86. The number of aromatic nitrogens is 2. The molecule has 2 heterocycles. The number of benzene rings is 1. The zero-order chi connectivity index (χ0) is 14.3. The Hall–Kier alpha value is -2.14. The molecule has 1 atom stereocenters. The lowest BCUT2D eigenvalue weighted by atomic mass is 10.1. The number of hydrogen-bond donors (Lipinski definition) is 1. The molecular weight excluding hydrogens is 272 g/mol. The first-order valence-corrected chi connectivity index (χ1v) is 7.13. The number of hydrogen-bond acceptors (Lipinski definition) is 3. The van der Waals surface area contributed by atoms with Crippen LogP contribution in [0.4, 0.5) is 0 Å². The van der Waals surface area contributed by atoms with Crippen LogP contribution in [0.2, 0.25) is 0 Å². The van der Waals surface area contributed by atoms with E-state index >= 15 is 0 Å². The molecule has 5 heteroatoms. The van der Waals surface area contributed by atoms with Gasteiger partial charge in [0, 0.05) is 17.1 Å². The first-order chi connectivity index (χ1) is 9.58. The van der Waals surface area contributed by atoms with Crippen LogP contribution < -0.4 is 0 Å². The van der Waals surface area contributed by atoms with E-state index in [2.05, 4.69) is 24.0 Å². The van der Waals surface area contributed by atoms with Crippen LogP contribution in [0.5, 0.6) is 0 Å². The van der Waals surface area contributed by atoms with E-state index in [1.807, 2.05) is 23.8 Å². The second kappa shape index (κ2) is 4.76. The van der Waals surface area contributed by atoms with Crippen molar-refractivity contribution in [2.24, 2.45) is 0 Å². The van der Waals surface area contributed by atoms with Crippen LogP contribution in [-0.2, 0) is 0 Å². The lowest BCUT2D eigenvalue weighted by molar-refractivity contribution is 0.0701. The predicted octanol–water partition coefficient (Wildman–Crippen LogP) is 3.71. The number of carboxylic acid groups (broad SMARTS) is 1. The first-order valence-electron chi connectivity index (χ1n) is 6.31. The number of carboxylic acids is 1. The summed E-state index contributed by atoms with van der Waals surface area (Å²) in [4.78, 5) is 15.7. The topological polar surface area (TPSA) is 55.1 Å². The van der Waals surface area contributed by atoms with E-state index < -0.39 is 5.97 Å². The van der Waals surface area contributed by atoms with Crippen molar-refractivity contribution in [1.82, 2.24) is 9.55 Å². The van der Waals surface area contributed by atoms with Gasteiger partial charge in [0.2, 0.25) is 0 Å². The third-order valence-corrected chi connectivity index (χ3v) is 4.85. The van der Waals surface area contributed by atoms with Gasteiger partial charge in [-0.3, -0.25) is 0 Å². The van der Waals surface area contributed by atoms with Crippen molar-refractivity contribution in [3.05, 3.63) is 52.9 Å². The van der Waals surface area contributed by atoms with Crippen molar-refractivity contribution in [1.29, 1.82) is 0 Å². The van der Waals surface area contributed by atoms with Gasteiger partial charge >= 0.3 is 5.97 Å². The highest BCUT2D eigenvalue weighted by Crippen LogP contribution is 2.33. The number of aryl methyl sites for hydroxylation is 1. The zero-order valence-electron chi connectivity index (χ0n) is 11.2. The first kappa shape index (κ1) is 12.9. The molecule has 0 bridgehead atoms. The molecule has 0 fully saturated rings. The van der Waals surface area contributed by atoms with Gasteiger partial charge in [-0.15, -0.1) is 11.3 Å². The maximum absolute atomic E-state index is 11.2. The SMILES string of the molecule is Cc1c(C(=O)O)sc2cc(C(C)n3ccnc3)ccc12. The average Bonchev–Trinajstić information content (AvgIpc) is 3.06. The lowest BCUT2D eigenvalue weighted by Gasteiger charge is -2.13. The molecule has 4 nitrogen and oxygen atoms in total. The molecule has 0 saturated heterocycles. The summed E-state index contributed by atoms with van der Waals surface area (Å²) in [5, 5.41) is 10.2. The van der Waals surface area contributed by atoms with Crippen LogP contribution in [0.25, 0.3) is 10.1 Å². The van der Waals surface area contributed by atoms with E-state index in [-0.39, 0.29) is 6.04 Å². The van der Waals surface area contributed by atoms with Crippen LogP contribution in [0.1, 0.15) is 33.8 Å². The fraction of sp³-hybridized carbons (Fsp3) is 0.200. The van der Waals surface area contributed by atoms with Crippen molar-refractivity contribution in [3.8, 4) is 0 Å². The van der Waals surface area contributed by atoms with Crippen LogP contribution in [0, 0.1) is 6.92 Å². The molecule has 2 aromatic heterocycles. The van der Waals surface area contributed by atoms with Crippen LogP contribution >= 0.6 is 11.3 Å². The Morgan fingerprint density at radius 1 is 1.45 bits per heavy atom. The fourth-order valence-corrected chi connectivity index (χ4v) is 3.47. The number of aromatic carboxylic acids is 1. The minimum absolute atomic E-state index is 0.178. The monoisotopic (exact) mass is 286 g/mol. The minimum atomic E-state index is -0.854. The number of fused-ring (bicyclic) bond motifs is 1. The van der Waals surface area contributed by atoms with Crippen LogP contribution in [-0.4, -0.2) is 20.6 Å². The maximum atomic E-state index is 11.2. The number of imidazole rings is 1. The summed E-state index contributed by atoms with van der Waals surface area (Å²) in [6.45, 7) is 3.96. The maximum Gasteiger partial charge on any atom is 0.346 e. The highest BCUT2D eigenvalue weighted by Gasteiger charge is 2.16. The Morgan fingerprint density at radius 2 is 2.25 bits per heavy atom. The normalized spacial score (nSPS) is 12.7. The average molecular weight is 286 g/mol. The molecule has 0 saturated carbocycles. The van der Waals surface area contributed by atoms with E-state index in [9.17, 15) is 9.90 Å². The van der Waals surface area contributed by atoms with E-state index in [1.54, 1.807) is 12.5 Å². The van der Waals surface area contributed by atoms with Gasteiger partial charge in [0.25, 0.3) is 0 Å². The van der Waals surface area contributed by atoms with E-state index in [0.29, 0.717) is 4.88 Å². The van der Waals surface area contributed by atoms with Crippen LogP contribution in [0.3, 0.4) is 0 Å². The summed E-state index contributed by atoms with van der Waals surface area (Å²) in [6.07, 6.45) is 5.47. The molecule has 0 radical (unpaired) electrons. The Balaban J connectivity index is 2.09. The highest BCUT2D eigenvalue weighted by molar-refractivity contribution is 7.21. The molecule has 20 heavy (non-hydrogen) atoms. The van der Waals surface area contributed by atoms with Crippen molar-refractivity contribution in [2.45, 2.75) is 19.9 Å². The van der Waals surface area contributed by atoms with Crippen molar-refractivity contribution in [3.63, 3.8) is 0 Å². The Kier molecular flexibility index (Phi) is 3.06. The Labute approximate surface area is 120 Å². The van der Waals surface area contributed by atoms with Gasteiger partial charge in [-0.1, -0.05) is 12.1 Å². The molecule has 0 spiro atoms. The molecule has 1 aromatic carbocycles. The minimum Gasteiger partial charge on any atom is -0.477 e. The van der Waals surface area contributed by atoms with Gasteiger partial charge in [0.05, 0.1) is 12.4 Å². The fourth-order valence-electron chi connectivity index (χ4n) is 2.38. The quantitative estimate of drug-likeness (QED) is 0.798. The highest BCUT2D eigenvalue weighted by atomic mass is 32.1. The molecular formula is C15H14N2O2S. The van der Waals surface area contributed by atoms with Gasteiger partial charge in [-0.25, -0.2) is 9.78 Å². The Morgan fingerprint density at radius 3 is 2.90 bits per heavy atom. The van der Waals surface area contributed by atoms with Gasteiger partial charge in [0.1, 0.15) is 4.88 Å². The lowest BCUT2D eigenvalue weighted by Crippen LogP contribution is -2.03. The number of rotatable bonds is 3. The molecule has 102 valence electrons. The summed E-state index contributed by atoms with van der Waals surface area (Å²) >= 11 is 1.34. The van der Waals surface area contributed by atoms with Crippen molar-refractivity contribution < 1.29 is 9.90 Å². The van der Waals surface area contributed by atoms with Gasteiger partial charge < -0.3 is 9.67 Å². The summed E-state index contributed by atoms with van der Waals surface area (Å²) in [6, 6.07) is 6.32. The van der Waals surface area contributed by atoms with Gasteiger partial charge in [-0.05, 0) is 36.4 Å². The smallest absolute Gasteiger partial charge is 0.346 e. The summed E-state index contributed by atoms with van der Waals surface area (Å²) in [5.41, 5.74) is 1.99. The zero-order valence-corrected chi connectivity index (χ0v) is 12.0. The molecule has 1 N–H and O–H groups in total. The van der Waals surface area contributed by atoms with Crippen LogP contribution in [0.15, 0.2) is 36.9 Å². The van der Waals surface area contributed by atoms with E-state index in [1.165, 1.54) is 11.3 Å². The molecule has 0 aliphatic carbocycles. The molecule has 3 rings (SSSR count). The Bertz CT molecular complexity index is 775. The predicted molar refractivity (Wildman–Crippen MR) is 79.6 cm³/mol. The molecule has 3 aromatic rings. The summed E-state index contributed by atoms with van der Waals surface area (Å²) in [5.74, 6) is -0.854. The number of nitrogens with zero attached hydrogens (tertiary/aromatic N) is 2. The van der Waals surface area contributed by atoms with E-state index in [4.69, 9.17) is 0 Å². The summed E-state index contributed by atoms with van der Waals surface area (Å²) in [7, 11) is 0. The second-order valence-electron chi connectivity index (χ2n) is 4.80. The summed E-state index contributed by atoms with van der Waals surface area (Å²) < 4.78 is 3.05. The molecule has 0 amide bonds. The number of carbonyl (C=O) groups is 1. The van der Waals surface area contributed by atoms with Crippen molar-refractivity contribution >= 4 is 27.4 Å². The third kappa shape index (κ3) is 2.00. The van der Waals surface area contributed by atoms with Gasteiger partial charge in [-0.2, -0.15) is 0 Å². The molecule has 0 aliphatic rings. The molecule has 0 aliphatic heterocycles. The van der Waals surface area contributed by atoms with Gasteiger partial charge in [0.15, 0.2) is 0 Å².